The van der Waals surface area contributed by atoms with Gasteiger partial charge >= 0.3 is 12.0 Å². The number of aliphatic carboxylic acids is 1. The maximum atomic E-state index is 12.0. The van der Waals surface area contributed by atoms with E-state index in [2.05, 4.69) is 5.32 Å². The molecule has 0 aliphatic carbocycles. The highest BCUT2D eigenvalue weighted by Gasteiger charge is 2.15. The van der Waals surface area contributed by atoms with Crippen molar-refractivity contribution in [2.24, 2.45) is 0 Å². The predicted molar refractivity (Wildman–Crippen MR) is 81.3 cm³/mol. The van der Waals surface area contributed by atoms with Gasteiger partial charge in [-0.15, -0.1) is 0 Å². The fourth-order valence-corrected chi connectivity index (χ4v) is 1.90. The molecule has 0 radical (unpaired) electrons. The van der Waals surface area contributed by atoms with Gasteiger partial charge in [-0.1, -0.05) is 0 Å². The van der Waals surface area contributed by atoms with Gasteiger partial charge in [-0.2, -0.15) is 0 Å². The van der Waals surface area contributed by atoms with Crippen LogP contribution in [0.5, 0.6) is 11.5 Å². The van der Waals surface area contributed by atoms with Crippen LogP contribution in [-0.2, 0) is 11.3 Å². The van der Waals surface area contributed by atoms with Crippen LogP contribution >= 0.6 is 0 Å². The van der Waals surface area contributed by atoms with E-state index in [9.17, 15) is 9.59 Å². The number of carboxylic acid groups (broad SMARTS) is 1. The van der Waals surface area contributed by atoms with E-state index in [-0.39, 0.29) is 19.0 Å². The van der Waals surface area contributed by atoms with Gasteiger partial charge in [-0.3, -0.25) is 4.79 Å². The van der Waals surface area contributed by atoms with Crippen molar-refractivity contribution in [1.82, 2.24) is 10.2 Å². The molecule has 0 fully saturated rings. The molecule has 0 unspecified atom stereocenters. The first kappa shape index (κ1) is 17.6. The Kier molecular flexibility index (Phi) is 7.01. The molecule has 7 heteroatoms. The Bertz CT molecular complexity index is 519. The van der Waals surface area contributed by atoms with Crippen LogP contribution in [0, 0.1) is 0 Å². The number of hydrogen-bond donors (Lipinski definition) is 2. The second-order valence-electron chi connectivity index (χ2n) is 4.57. The number of amides is 2. The van der Waals surface area contributed by atoms with E-state index >= 15 is 0 Å². The van der Waals surface area contributed by atoms with Crippen molar-refractivity contribution in [3.63, 3.8) is 0 Å². The summed E-state index contributed by atoms with van der Waals surface area (Å²) in [6, 6.07) is 5.09. The van der Waals surface area contributed by atoms with Gasteiger partial charge in [0.2, 0.25) is 0 Å². The topological polar surface area (TPSA) is 88.1 Å². The summed E-state index contributed by atoms with van der Waals surface area (Å²) >= 11 is 0. The molecular weight excluding hydrogens is 288 g/mol. The summed E-state index contributed by atoms with van der Waals surface area (Å²) in [6.07, 6.45) is -0.102. The number of nitrogens with one attached hydrogen (secondary N) is 1. The van der Waals surface area contributed by atoms with Crippen LogP contribution in [0.1, 0.15) is 18.9 Å². The molecule has 122 valence electrons. The fraction of sp³-hybridized carbons (Fsp3) is 0.467. The molecule has 7 nitrogen and oxygen atoms in total. The molecule has 0 atom stereocenters. The summed E-state index contributed by atoms with van der Waals surface area (Å²) in [4.78, 5) is 24.1. The van der Waals surface area contributed by atoms with E-state index in [1.807, 2.05) is 13.0 Å². The lowest BCUT2D eigenvalue weighted by Gasteiger charge is -2.22. The maximum Gasteiger partial charge on any atom is 0.317 e. The van der Waals surface area contributed by atoms with Crippen molar-refractivity contribution in [2.75, 3.05) is 27.3 Å². The van der Waals surface area contributed by atoms with Gasteiger partial charge in [0.05, 0.1) is 27.2 Å². The summed E-state index contributed by atoms with van der Waals surface area (Å²) in [7, 11) is 3.13. The molecule has 0 bridgehead atoms. The first-order valence-corrected chi connectivity index (χ1v) is 6.97. The quantitative estimate of drug-likeness (QED) is 0.763. The molecule has 22 heavy (non-hydrogen) atoms. The minimum atomic E-state index is -0.944. The Hall–Kier alpha value is -2.44. The van der Waals surface area contributed by atoms with Crippen molar-refractivity contribution in [1.29, 1.82) is 0 Å². The first-order valence-electron chi connectivity index (χ1n) is 6.97. The van der Waals surface area contributed by atoms with E-state index in [0.717, 1.165) is 5.56 Å². The zero-order valence-corrected chi connectivity index (χ0v) is 13.1. The molecule has 0 saturated heterocycles. The van der Waals surface area contributed by atoms with Gasteiger partial charge in [-0.05, 0) is 19.1 Å². The van der Waals surface area contributed by atoms with Crippen LogP contribution in [0.4, 0.5) is 4.79 Å². The Labute approximate surface area is 129 Å². The van der Waals surface area contributed by atoms with Gasteiger partial charge in [0.25, 0.3) is 0 Å². The van der Waals surface area contributed by atoms with Gasteiger partial charge < -0.3 is 24.8 Å². The number of carbonyl (C=O) groups excluding carboxylic acids is 1. The average Bonchev–Trinajstić information content (AvgIpc) is 2.51. The van der Waals surface area contributed by atoms with Gasteiger partial charge in [-0.25, -0.2) is 4.79 Å². The third-order valence-corrected chi connectivity index (χ3v) is 3.14. The smallest absolute Gasteiger partial charge is 0.317 e. The number of benzene rings is 1. The van der Waals surface area contributed by atoms with Gasteiger partial charge in [0.1, 0.15) is 11.5 Å². The highest BCUT2D eigenvalue weighted by molar-refractivity contribution is 5.75. The Balaban J connectivity index is 2.72. The van der Waals surface area contributed by atoms with E-state index in [1.165, 1.54) is 0 Å². The van der Waals surface area contributed by atoms with Crippen LogP contribution in [-0.4, -0.2) is 49.3 Å². The summed E-state index contributed by atoms with van der Waals surface area (Å²) in [5, 5.41) is 11.2. The Morgan fingerprint density at radius 1 is 1.27 bits per heavy atom. The zero-order chi connectivity index (χ0) is 16.5. The third-order valence-electron chi connectivity index (χ3n) is 3.14. The normalized spacial score (nSPS) is 9.95. The van der Waals surface area contributed by atoms with Crippen molar-refractivity contribution in [3.05, 3.63) is 23.8 Å². The van der Waals surface area contributed by atoms with Crippen molar-refractivity contribution in [3.8, 4) is 11.5 Å². The summed E-state index contributed by atoms with van der Waals surface area (Å²) in [6.45, 7) is 2.81. The lowest BCUT2D eigenvalue weighted by molar-refractivity contribution is -0.136. The minimum Gasteiger partial charge on any atom is -0.497 e. The number of carboxylic acids is 1. The van der Waals surface area contributed by atoms with Crippen LogP contribution < -0.4 is 14.8 Å². The van der Waals surface area contributed by atoms with Crippen molar-refractivity contribution in [2.45, 2.75) is 19.9 Å². The zero-order valence-electron chi connectivity index (χ0n) is 13.1. The van der Waals surface area contributed by atoms with Crippen LogP contribution in [0.2, 0.25) is 0 Å². The molecule has 0 spiro atoms. The SMILES string of the molecule is CCN(Cc1ccc(OC)cc1OC)C(=O)NCCC(=O)O. The van der Waals surface area contributed by atoms with Crippen LogP contribution in [0.25, 0.3) is 0 Å². The Morgan fingerprint density at radius 3 is 2.55 bits per heavy atom. The molecular formula is C15H22N2O5. The third kappa shape index (κ3) is 5.16. The largest absolute Gasteiger partial charge is 0.497 e. The van der Waals surface area contributed by atoms with Crippen molar-refractivity contribution < 1.29 is 24.2 Å². The lowest BCUT2D eigenvalue weighted by Crippen LogP contribution is -2.40. The summed E-state index contributed by atoms with van der Waals surface area (Å²) in [5.74, 6) is 0.367. The Morgan fingerprint density at radius 2 is 2.00 bits per heavy atom. The molecule has 1 aromatic carbocycles. The number of hydrogen-bond acceptors (Lipinski definition) is 4. The molecule has 0 aliphatic rings. The van der Waals surface area contributed by atoms with Crippen LogP contribution in [0.15, 0.2) is 18.2 Å². The first-order chi connectivity index (χ1) is 10.5. The fourth-order valence-electron chi connectivity index (χ4n) is 1.90. The minimum absolute atomic E-state index is 0.102. The second-order valence-corrected chi connectivity index (χ2v) is 4.57. The number of rotatable bonds is 8. The highest BCUT2D eigenvalue weighted by atomic mass is 16.5. The molecule has 1 aromatic rings. The molecule has 2 N–H and O–H groups in total. The number of nitrogens with zero attached hydrogens (tertiary/aromatic N) is 1. The van der Waals surface area contributed by atoms with Crippen molar-refractivity contribution >= 4 is 12.0 Å². The van der Waals surface area contributed by atoms with E-state index in [4.69, 9.17) is 14.6 Å². The summed E-state index contributed by atoms with van der Waals surface area (Å²) < 4.78 is 10.4. The molecule has 0 heterocycles. The molecule has 0 saturated carbocycles. The summed E-state index contributed by atoms with van der Waals surface area (Å²) in [5.41, 5.74) is 0.846. The van der Waals surface area contributed by atoms with Crippen LogP contribution in [0.3, 0.4) is 0 Å². The number of ether oxygens (including phenoxy) is 2. The standard InChI is InChI=1S/C15H22N2O5/c1-4-17(15(20)16-8-7-14(18)19)10-11-5-6-12(21-2)9-13(11)22-3/h5-6,9H,4,7-8,10H2,1-3H3,(H,16,20)(H,18,19). The van der Waals surface area contributed by atoms with E-state index in [1.54, 1.807) is 31.3 Å². The number of urea groups is 1. The average molecular weight is 310 g/mol. The van der Waals surface area contributed by atoms with Gasteiger partial charge in [0.15, 0.2) is 0 Å². The second kappa shape index (κ2) is 8.76. The van der Waals surface area contributed by atoms with Gasteiger partial charge in [0, 0.05) is 24.7 Å². The highest BCUT2D eigenvalue weighted by Crippen LogP contribution is 2.25. The van der Waals surface area contributed by atoms with E-state index < -0.39 is 5.97 Å². The molecule has 0 aromatic heterocycles. The molecule has 0 aliphatic heterocycles. The van der Waals surface area contributed by atoms with E-state index in [0.29, 0.717) is 24.6 Å². The predicted octanol–water partition coefficient (Wildman–Crippen LogP) is 1.71. The lowest BCUT2D eigenvalue weighted by atomic mass is 10.1. The number of methoxy groups -OCH3 is 2. The molecule has 2 amide bonds. The molecule has 1 rings (SSSR count). The maximum absolute atomic E-state index is 12.0. The monoisotopic (exact) mass is 310 g/mol. The number of carbonyl (C=O) groups is 2.